The van der Waals surface area contributed by atoms with Crippen LogP contribution in [0, 0.1) is 11.8 Å². The Hall–Kier alpha value is -2.06. The molecule has 27 heavy (non-hydrogen) atoms. The van der Waals surface area contributed by atoms with Crippen LogP contribution in [0.1, 0.15) is 41.0 Å². The molecule has 1 fully saturated rings. The number of rotatable bonds is 7. The highest BCUT2D eigenvalue weighted by Crippen LogP contribution is 2.40. The predicted octanol–water partition coefficient (Wildman–Crippen LogP) is 3.37. The summed E-state index contributed by atoms with van der Waals surface area (Å²) in [6.07, 6.45) is -0.627. The molecule has 2 bridgehead atoms. The standard InChI is InChI=1S/C19H20F3NO4/c1-26-6-7-27-10-15-13(4-5-16(23-15)19(20,21)22)18(25)14-9-11-2-3-12(8-11)17(14)24/h4-5,9,11-12H,2-3,6-8,10H2,1H3/t11-,12+/m1/s1. The number of carbonyl (C=O) groups excluding carboxylic acids is 2. The Morgan fingerprint density at radius 2 is 2.04 bits per heavy atom. The average molecular weight is 383 g/mol. The molecular formula is C19H20F3NO4. The third-order valence-corrected chi connectivity index (χ3v) is 4.94. The number of alkyl halides is 3. The fraction of sp³-hybridized carbons (Fsp3) is 0.526. The lowest BCUT2D eigenvalue weighted by atomic mass is 9.84. The zero-order valence-electron chi connectivity index (χ0n) is 14.8. The van der Waals surface area contributed by atoms with E-state index in [9.17, 15) is 22.8 Å². The van der Waals surface area contributed by atoms with Crippen molar-refractivity contribution in [1.29, 1.82) is 0 Å². The minimum Gasteiger partial charge on any atom is -0.382 e. The van der Waals surface area contributed by atoms with E-state index in [-0.39, 0.29) is 54.3 Å². The lowest BCUT2D eigenvalue weighted by Gasteiger charge is -2.18. The maximum absolute atomic E-state index is 13.0. The number of methoxy groups -OCH3 is 1. The molecule has 1 aromatic rings. The molecule has 1 saturated carbocycles. The number of ketones is 2. The first kappa shape index (κ1) is 19.7. The summed E-state index contributed by atoms with van der Waals surface area (Å²) in [5.74, 6) is -0.790. The molecule has 0 unspecified atom stereocenters. The number of halogens is 3. The second-order valence-electron chi connectivity index (χ2n) is 6.78. The summed E-state index contributed by atoms with van der Waals surface area (Å²) in [7, 11) is 1.47. The number of ether oxygens (including phenoxy) is 2. The van der Waals surface area contributed by atoms with Gasteiger partial charge in [0.05, 0.1) is 31.1 Å². The number of aromatic nitrogens is 1. The van der Waals surface area contributed by atoms with Crippen LogP contribution in [0.3, 0.4) is 0 Å². The van der Waals surface area contributed by atoms with Gasteiger partial charge < -0.3 is 9.47 Å². The fourth-order valence-electron chi connectivity index (χ4n) is 3.56. The zero-order chi connectivity index (χ0) is 19.6. The summed E-state index contributed by atoms with van der Waals surface area (Å²) in [6.45, 7) is 0.131. The summed E-state index contributed by atoms with van der Waals surface area (Å²) < 4.78 is 49.1. The Bertz CT molecular complexity index is 773. The number of hydrogen-bond acceptors (Lipinski definition) is 5. The van der Waals surface area contributed by atoms with Gasteiger partial charge in [-0.15, -0.1) is 0 Å². The number of fused-ring (bicyclic) bond motifs is 2. The summed E-state index contributed by atoms with van der Waals surface area (Å²) in [6, 6.07) is 1.84. The highest BCUT2D eigenvalue weighted by atomic mass is 19.4. The molecule has 0 aromatic carbocycles. The van der Waals surface area contributed by atoms with Crippen LogP contribution in [0.2, 0.25) is 0 Å². The van der Waals surface area contributed by atoms with E-state index < -0.39 is 17.7 Å². The molecule has 0 saturated heterocycles. The molecule has 2 atom stereocenters. The monoisotopic (exact) mass is 383 g/mol. The third-order valence-electron chi connectivity index (χ3n) is 4.94. The van der Waals surface area contributed by atoms with Crippen molar-refractivity contribution in [3.8, 4) is 0 Å². The molecular weight excluding hydrogens is 363 g/mol. The molecule has 1 heterocycles. The van der Waals surface area contributed by atoms with Gasteiger partial charge in [0.1, 0.15) is 5.69 Å². The topological polar surface area (TPSA) is 65.5 Å². The molecule has 8 heteroatoms. The Labute approximate surface area is 154 Å². The maximum Gasteiger partial charge on any atom is 0.433 e. The van der Waals surface area contributed by atoms with Gasteiger partial charge in [0.2, 0.25) is 0 Å². The van der Waals surface area contributed by atoms with Gasteiger partial charge in [-0.05, 0) is 37.3 Å². The smallest absolute Gasteiger partial charge is 0.382 e. The fourth-order valence-corrected chi connectivity index (χ4v) is 3.56. The minimum atomic E-state index is -4.64. The Morgan fingerprint density at radius 1 is 1.26 bits per heavy atom. The van der Waals surface area contributed by atoms with E-state index >= 15 is 0 Å². The van der Waals surface area contributed by atoms with Crippen molar-refractivity contribution >= 4 is 11.6 Å². The van der Waals surface area contributed by atoms with Crippen molar-refractivity contribution in [2.24, 2.45) is 11.8 Å². The first-order chi connectivity index (χ1) is 12.8. The minimum absolute atomic E-state index is 0.0266. The molecule has 0 spiro atoms. The van der Waals surface area contributed by atoms with Gasteiger partial charge >= 0.3 is 6.18 Å². The van der Waals surface area contributed by atoms with Gasteiger partial charge in [-0.3, -0.25) is 9.59 Å². The van der Waals surface area contributed by atoms with Crippen LogP contribution in [-0.2, 0) is 27.1 Å². The van der Waals surface area contributed by atoms with Crippen LogP contribution in [0.4, 0.5) is 13.2 Å². The summed E-state index contributed by atoms with van der Waals surface area (Å²) in [4.78, 5) is 29.0. The van der Waals surface area contributed by atoms with Gasteiger partial charge in [-0.25, -0.2) is 4.98 Å². The van der Waals surface area contributed by atoms with Crippen molar-refractivity contribution in [2.45, 2.75) is 32.0 Å². The molecule has 2 aliphatic rings. The largest absolute Gasteiger partial charge is 0.433 e. The van der Waals surface area contributed by atoms with Crippen molar-refractivity contribution in [2.75, 3.05) is 20.3 Å². The number of nitrogens with zero attached hydrogens (tertiary/aromatic N) is 1. The quantitative estimate of drug-likeness (QED) is 0.410. The molecule has 0 N–H and O–H groups in total. The summed E-state index contributed by atoms with van der Waals surface area (Å²) in [5, 5.41) is 0. The molecule has 1 aromatic heterocycles. The Kier molecular flexibility index (Phi) is 5.76. The second kappa shape index (κ2) is 7.90. The summed E-state index contributed by atoms with van der Waals surface area (Å²) >= 11 is 0. The maximum atomic E-state index is 13.0. The van der Waals surface area contributed by atoms with Gasteiger partial charge in [0, 0.05) is 18.6 Å². The van der Waals surface area contributed by atoms with Crippen LogP contribution >= 0.6 is 0 Å². The van der Waals surface area contributed by atoms with E-state index in [4.69, 9.17) is 9.47 Å². The Morgan fingerprint density at radius 3 is 2.74 bits per heavy atom. The van der Waals surface area contributed by atoms with Crippen LogP contribution in [0.25, 0.3) is 0 Å². The van der Waals surface area contributed by atoms with Crippen LogP contribution in [-0.4, -0.2) is 36.9 Å². The lowest BCUT2D eigenvalue weighted by molar-refractivity contribution is -0.141. The highest BCUT2D eigenvalue weighted by molar-refractivity contribution is 6.27. The molecule has 146 valence electrons. The summed E-state index contributed by atoms with van der Waals surface area (Å²) in [5.41, 5.74) is -1.19. The average Bonchev–Trinajstić information content (AvgIpc) is 3.04. The van der Waals surface area contributed by atoms with Crippen molar-refractivity contribution in [3.05, 3.63) is 40.7 Å². The third kappa shape index (κ3) is 4.27. The van der Waals surface area contributed by atoms with Crippen LogP contribution in [0.15, 0.2) is 23.8 Å². The zero-order valence-corrected chi connectivity index (χ0v) is 14.8. The number of allylic oxidation sites excluding steroid dienone is 2. The number of Topliss-reactive ketones (excluding diaryl/α,β-unsaturated/α-hetero) is 2. The van der Waals surface area contributed by atoms with Gasteiger partial charge in [-0.2, -0.15) is 13.2 Å². The number of hydrogen-bond donors (Lipinski definition) is 0. The van der Waals surface area contributed by atoms with E-state index in [0.717, 1.165) is 31.4 Å². The van der Waals surface area contributed by atoms with Crippen molar-refractivity contribution in [3.63, 3.8) is 0 Å². The van der Waals surface area contributed by atoms with E-state index in [1.165, 1.54) is 7.11 Å². The van der Waals surface area contributed by atoms with Gasteiger partial charge in [-0.1, -0.05) is 6.08 Å². The molecule has 0 amide bonds. The number of carbonyl (C=O) groups is 2. The van der Waals surface area contributed by atoms with Crippen LogP contribution in [0.5, 0.6) is 0 Å². The van der Waals surface area contributed by atoms with Gasteiger partial charge in [0.25, 0.3) is 0 Å². The van der Waals surface area contributed by atoms with E-state index in [1.54, 1.807) is 6.08 Å². The molecule has 0 aliphatic heterocycles. The lowest BCUT2D eigenvalue weighted by Crippen LogP contribution is -2.25. The SMILES string of the molecule is COCCOCc1nc(C(F)(F)F)ccc1C(=O)C1=C[C@@H]2CC[C@@H](C2)C1=O. The van der Waals surface area contributed by atoms with E-state index in [1.807, 2.05) is 0 Å². The molecule has 5 nitrogen and oxygen atoms in total. The first-order valence-electron chi connectivity index (χ1n) is 8.75. The van der Waals surface area contributed by atoms with Crippen molar-refractivity contribution < 1.29 is 32.2 Å². The van der Waals surface area contributed by atoms with Gasteiger partial charge in [0.15, 0.2) is 11.6 Å². The first-order valence-corrected chi connectivity index (χ1v) is 8.75. The Balaban J connectivity index is 1.90. The van der Waals surface area contributed by atoms with E-state index in [2.05, 4.69) is 4.98 Å². The molecule has 2 aliphatic carbocycles. The number of pyridine rings is 1. The predicted molar refractivity (Wildman–Crippen MR) is 89.0 cm³/mol. The highest BCUT2D eigenvalue weighted by Gasteiger charge is 2.39. The van der Waals surface area contributed by atoms with E-state index in [0.29, 0.717) is 0 Å². The second-order valence-corrected chi connectivity index (χ2v) is 6.78. The molecule has 3 rings (SSSR count). The van der Waals surface area contributed by atoms with Crippen LogP contribution < -0.4 is 0 Å². The van der Waals surface area contributed by atoms with Crippen molar-refractivity contribution in [1.82, 2.24) is 4.98 Å². The molecule has 0 radical (unpaired) electrons. The normalized spacial score (nSPS) is 22.1.